The van der Waals surface area contributed by atoms with Gasteiger partial charge in [-0.2, -0.15) is 5.10 Å². The minimum absolute atomic E-state index is 0.445. The van der Waals surface area contributed by atoms with E-state index in [-0.39, 0.29) is 0 Å². The molecule has 1 aromatic heterocycles. The molecule has 1 aromatic carbocycles. The second kappa shape index (κ2) is 9.66. The lowest BCUT2D eigenvalue weighted by Gasteiger charge is -2.25. The third-order valence-corrected chi connectivity index (χ3v) is 5.60. The first-order valence-corrected chi connectivity index (χ1v) is 10.2. The van der Waals surface area contributed by atoms with Crippen molar-refractivity contribution in [3.63, 3.8) is 0 Å². The normalized spacial score (nSPS) is 17.5. The van der Waals surface area contributed by atoms with Crippen LogP contribution in [0.1, 0.15) is 60.8 Å². The molecule has 2 aromatic rings. The number of hydrogen-bond acceptors (Lipinski definition) is 4. The minimum atomic E-state index is -0.525. The van der Waals surface area contributed by atoms with Gasteiger partial charge >= 0.3 is 0 Å². The van der Waals surface area contributed by atoms with Gasteiger partial charge in [-0.25, -0.2) is 5.48 Å². The third-order valence-electron chi connectivity index (χ3n) is 5.60. The molecule has 0 spiro atoms. The van der Waals surface area contributed by atoms with Crippen LogP contribution in [0, 0.1) is 0 Å². The van der Waals surface area contributed by atoms with Crippen LogP contribution in [0.15, 0.2) is 30.3 Å². The summed E-state index contributed by atoms with van der Waals surface area (Å²) in [5.74, 6) is -0.525. The number of aryl methyl sites for hydroxylation is 2. The van der Waals surface area contributed by atoms with Crippen molar-refractivity contribution in [2.45, 2.75) is 52.0 Å². The summed E-state index contributed by atoms with van der Waals surface area (Å²) < 4.78 is 0. The number of hydroxylamine groups is 1. The molecule has 1 unspecified atom stereocenters. The Morgan fingerprint density at radius 3 is 2.79 bits per heavy atom. The Hall–Kier alpha value is -2.44. The summed E-state index contributed by atoms with van der Waals surface area (Å²) in [5.41, 5.74) is 7.74. The first-order chi connectivity index (χ1) is 13.7. The molecule has 1 saturated heterocycles. The van der Waals surface area contributed by atoms with Crippen LogP contribution in [-0.2, 0) is 24.1 Å². The van der Waals surface area contributed by atoms with Gasteiger partial charge in [0.05, 0.1) is 5.69 Å². The summed E-state index contributed by atoms with van der Waals surface area (Å²) in [4.78, 5) is 13.7. The molecule has 0 saturated carbocycles. The van der Waals surface area contributed by atoms with E-state index in [4.69, 9.17) is 5.21 Å². The van der Waals surface area contributed by atoms with Crippen LogP contribution in [0.4, 0.5) is 0 Å². The highest BCUT2D eigenvalue weighted by Crippen LogP contribution is 2.32. The summed E-state index contributed by atoms with van der Waals surface area (Å²) >= 11 is 0. The highest BCUT2D eigenvalue weighted by atomic mass is 16.5. The maximum absolute atomic E-state index is 11.1. The number of carbonyl (C=O) groups excluding carboxylic acids is 1. The van der Waals surface area contributed by atoms with Crippen LogP contribution in [0.3, 0.4) is 0 Å². The molecule has 3 N–H and O–H groups in total. The van der Waals surface area contributed by atoms with Gasteiger partial charge < -0.3 is 0 Å². The number of benzene rings is 1. The molecule has 1 atom stereocenters. The van der Waals surface area contributed by atoms with E-state index >= 15 is 0 Å². The van der Waals surface area contributed by atoms with Crippen molar-refractivity contribution in [1.29, 1.82) is 0 Å². The van der Waals surface area contributed by atoms with Gasteiger partial charge in [0.15, 0.2) is 0 Å². The Morgan fingerprint density at radius 1 is 1.32 bits per heavy atom. The third kappa shape index (κ3) is 4.69. The smallest absolute Gasteiger partial charge is 0.267 e. The van der Waals surface area contributed by atoms with Gasteiger partial charge in [-0.3, -0.25) is 20.0 Å². The van der Waals surface area contributed by atoms with E-state index in [2.05, 4.69) is 41.1 Å². The lowest BCUT2D eigenvalue weighted by molar-refractivity contribution is -0.124. The Balaban J connectivity index is 1.65. The van der Waals surface area contributed by atoms with Crippen LogP contribution in [-0.4, -0.2) is 39.3 Å². The van der Waals surface area contributed by atoms with Crippen molar-refractivity contribution in [3.8, 4) is 0 Å². The highest BCUT2D eigenvalue weighted by Gasteiger charge is 2.26. The van der Waals surface area contributed by atoms with E-state index in [0.29, 0.717) is 6.04 Å². The lowest BCUT2D eigenvalue weighted by atomic mass is 10.0. The number of hydrogen-bond donors (Lipinski definition) is 3. The predicted octanol–water partition coefficient (Wildman–Crippen LogP) is 3.43. The van der Waals surface area contributed by atoms with Gasteiger partial charge in [0.2, 0.25) is 0 Å². The standard InChI is InChI=1S/C22H30N4O2/c1-3-19-18(20(4-2)24-23-19)13-15-26-14-5-6-21(26)17-10-7-16(8-11-17)9-12-22(27)25-28/h7-12,21,28H,3-6,13-15H2,1-2H3,(H,23,24)(H,25,27)/b12-9+. The molecule has 150 valence electrons. The van der Waals surface area contributed by atoms with E-state index in [1.54, 1.807) is 11.6 Å². The number of aromatic amines is 1. The van der Waals surface area contributed by atoms with Crippen molar-refractivity contribution in [2.75, 3.05) is 13.1 Å². The van der Waals surface area contributed by atoms with Crippen LogP contribution < -0.4 is 5.48 Å². The van der Waals surface area contributed by atoms with Gasteiger partial charge in [0.25, 0.3) is 5.91 Å². The van der Waals surface area contributed by atoms with Crippen molar-refractivity contribution < 1.29 is 10.0 Å². The molecule has 0 bridgehead atoms. The fraction of sp³-hybridized carbons (Fsp3) is 0.455. The topological polar surface area (TPSA) is 81.2 Å². The number of likely N-dealkylation sites (tertiary alicyclic amines) is 1. The number of carbonyl (C=O) groups is 1. The fourth-order valence-corrected chi connectivity index (χ4v) is 4.09. The number of nitrogens with zero attached hydrogens (tertiary/aromatic N) is 2. The molecule has 1 aliphatic heterocycles. The van der Waals surface area contributed by atoms with Gasteiger partial charge in [-0.1, -0.05) is 38.1 Å². The molecule has 3 rings (SSSR count). The molecular formula is C22H30N4O2. The molecule has 28 heavy (non-hydrogen) atoms. The molecule has 1 amide bonds. The first-order valence-electron chi connectivity index (χ1n) is 10.2. The average molecular weight is 383 g/mol. The maximum atomic E-state index is 11.1. The van der Waals surface area contributed by atoms with Crippen molar-refractivity contribution in [1.82, 2.24) is 20.6 Å². The predicted molar refractivity (Wildman–Crippen MR) is 110 cm³/mol. The molecule has 2 heterocycles. The van der Waals surface area contributed by atoms with E-state index in [9.17, 15) is 4.79 Å². The van der Waals surface area contributed by atoms with Crippen molar-refractivity contribution in [2.24, 2.45) is 0 Å². The Kier molecular flexibility index (Phi) is 7.01. The van der Waals surface area contributed by atoms with Crippen LogP contribution in [0.5, 0.6) is 0 Å². The van der Waals surface area contributed by atoms with Crippen LogP contribution in [0.25, 0.3) is 6.08 Å². The van der Waals surface area contributed by atoms with E-state index in [1.807, 2.05) is 12.1 Å². The number of nitrogens with one attached hydrogen (secondary N) is 2. The van der Waals surface area contributed by atoms with Gasteiger partial charge in [0, 0.05) is 24.4 Å². The van der Waals surface area contributed by atoms with E-state index in [1.165, 1.54) is 41.4 Å². The second-order valence-electron chi connectivity index (χ2n) is 7.25. The largest absolute Gasteiger partial charge is 0.296 e. The van der Waals surface area contributed by atoms with E-state index in [0.717, 1.165) is 37.9 Å². The lowest BCUT2D eigenvalue weighted by Crippen LogP contribution is -2.26. The SMILES string of the molecule is CCc1n[nH]c(CC)c1CCN1CCCC1c1ccc(/C=C/C(=O)NO)cc1. The molecular weight excluding hydrogens is 352 g/mol. The van der Waals surface area contributed by atoms with Gasteiger partial charge in [-0.15, -0.1) is 0 Å². The second-order valence-corrected chi connectivity index (χ2v) is 7.25. The van der Waals surface area contributed by atoms with Gasteiger partial charge in [0.1, 0.15) is 0 Å². The zero-order valence-electron chi connectivity index (χ0n) is 16.7. The first kappa shape index (κ1) is 20.3. The average Bonchev–Trinajstić information content (AvgIpc) is 3.36. The van der Waals surface area contributed by atoms with Crippen LogP contribution >= 0.6 is 0 Å². The minimum Gasteiger partial charge on any atom is -0.296 e. The van der Waals surface area contributed by atoms with Crippen LogP contribution in [0.2, 0.25) is 0 Å². The summed E-state index contributed by atoms with van der Waals surface area (Å²) in [6, 6.07) is 8.78. The molecule has 0 aliphatic carbocycles. The van der Waals surface area contributed by atoms with Gasteiger partial charge in [-0.05, 0) is 61.4 Å². The number of amides is 1. The Bertz CT molecular complexity index is 789. The highest BCUT2D eigenvalue weighted by molar-refractivity contribution is 5.90. The summed E-state index contributed by atoms with van der Waals surface area (Å²) in [6.07, 6.45) is 8.41. The quantitative estimate of drug-likeness (QED) is 0.371. The zero-order valence-corrected chi connectivity index (χ0v) is 16.7. The number of H-pyrrole nitrogens is 1. The Labute approximate surface area is 166 Å². The van der Waals surface area contributed by atoms with Crippen molar-refractivity contribution in [3.05, 3.63) is 58.4 Å². The molecule has 6 heteroatoms. The Morgan fingerprint density at radius 2 is 2.11 bits per heavy atom. The molecule has 6 nitrogen and oxygen atoms in total. The molecule has 1 aliphatic rings. The fourth-order valence-electron chi connectivity index (χ4n) is 4.09. The number of aromatic nitrogens is 2. The van der Waals surface area contributed by atoms with E-state index < -0.39 is 5.91 Å². The monoisotopic (exact) mass is 382 g/mol. The van der Waals surface area contributed by atoms with Crippen molar-refractivity contribution >= 4 is 12.0 Å². The summed E-state index contributed by atoms with van der Waals surface area (Å²) in [6.45, 7) is 6.51. The summed E-state index contributed by atoms with van der Waals surface area (Å²) in [5, 5.41) is 16.2. The number of rotatable bonds is 8. The molecule has 0 radical (unpaired) electrons. The zero-order chi connectivity index (χ0) is 19.9. The maximum Gasteiger partial charge on any atom is 0.267 e. The molecule has 1 fully saturated rings. The summed E-state index contributed by atoms with van der Waals surface area (Å²) in [7, 11) is 0.